The first-order chi connectivity index (χ1) is 14.8. The van der Waals surface area contributed by atoms with Gasteiger partial charge in [-0.05, 0) is 99.2 Å². The van der Waals surface area contributed by atoms with E-state index in [9.17, 15) is 0 Å². The first-order valence-electron chi connectivity index (χ1n) is 10.9. The van der Waals surface area contributed by atoms with Crippen LogP contribution in [0.25, 0.3) is 44.3 Å². The third-order valence-corrected chi connectivity index (χ3v) is 6.36. The topological polar surface area (TPSA) is 28.7 Å². The van der Waals surface area contributed by atoms with Crippen LogP contribution in [0.2, 0.25) is 0 Å². The maximum Gasteiger partial charge on any atom is 0.139 e. The average Bonchev–Trinajstić information content (AvgIpc) is 3.03. The third kappa shape index (κ3) is 3.23. The summed E-state index contributed by atoms with van der Waals surface area (Å²) in [4.78, 5) is 8.57. The largest absolute Gasteiger partial charge is 0.339 e. The summed E-state index contributed by atoms with van der Waals surface area (Å²) in [7, 11) is 0. The molecule has 5 aromatic rings. The van der Waals surface area contributed by atoms with Gasteiger partial charge in [-0.3, -0.25) is 0 Å². The van der Waals surface area contributed by atoms with Gasteiger partial charge in [-0.15, -0.1) is 0 Å². The van der Waals surface area contributed by atoms with Crippen LogP contribution in [0.5, 0.6) is 0 Å². The van der Waals surface area contributed by atoms with Crippen LogP contribution in [0.4, 0.5) is 0 Å². The Morgan fingerprint density at radius 2 is 1.16 bits per heavy atom. The van der Waals surface area contributed by atoms with Gasteiger partial charge in [0.1, 0.15) is 5.65 Å². The molecule has 0 bridgehead atoms. The Morgan fingerprint density at radius 1 is 0.581 bits per heavy atom. The van der Waals surface area contributed by atoms with E-state index in [0.29, 0.717) is 0 Å². The van der Waals surface area contributed by atoms with Gasteiger partial charge in [-0.2, -0.15) is 0 Å². The normalized spacial score (nSPS) is 11.5. The van der Waals surface area contributed by atoms with Gasteiger partial charge in [0, 0.05) is 21.9 Å². The summed E-state index contributed by atoms with van der Waals surface area (Å²) in [5.41, 5.74) is 14.7. The van der Waals surface area contributed by atoms with Crippen LogP contribution in [-0.2, 0) is 0 Å². The zero-order valence-electron chi connectivity index (χ0n) is 19.1. The summed E-state index contributed by atoms with van der Waals surface area (Å²) in [5.74, 6) is 0. The number of hydrogen-bond donors (Lipinski definition) is 1. The number of fused-ring (bicyclic) bond motifs is 3. The highest BCUT2D eigenvalue weighted by molar-refractivity contribution is 6.08. The van der Waals surface area contributed by atoms with E-state index in [-0.39, 0.29) is 0 Å². The van der Waals surface area contributed by atoms with Gasteiger partial charge in [-0.1, -0.05) is 41.5 Å². The minimum atomic E-state index is 0.946. The second-order valence-electron chi connectivity index (χ2n) is 9.03. The molecule has 5 rings (SSSR count). The first kappa shape index (κ1) is 19.6. The maximum absolute atomic E-state index is 5.03. The van der Waals surface area contributed by atoms with Gasteiger partial charge >= 0.3 is 0 Å². The fourth-order valence-corrected chi connectivity index (χ4v) is 5.29. The van der Waals surface area contributed by atoms with Crippen molar-refractivity contribution < 1.29 is 0 Å². The van der Waals surface area contributed by atoms with Crippen LogP contribution in [-0.4, -0.2) is 9.97 Å². The van der Waals surface area contributed by atoms with Gasteiger partial charge in [0.05, 0.1) is 5.69 Å². The summed E-state index contributed by atoms with van der Waals surface area (Å²) < 4.78 is 0. The van der Waals surface area contributed by atoms with Crippen molar-refractivity contribution >= 4 is 21.9 Å². The summed E-state index contributed by atoms with van der Waals surface area (Å²) in [6.45, 7) is 13.1. The lowest BCUT2D eigenvalue weighted by Gasteiger charge is -2.12. The Hall–Kier alpha value is -3.39. The molecule has 0 saturated carbocycles. The Kier molecular flexibility index (Phi) is 4.48. The predicted octanol–water partition coefficient (Wildman–Crippen LogP) is 7.90. The highest BCUT2D eigenvalue weighted by Gasteiger charge is 2.13. The molecule has 3 aromatic carbocycles. The first-order valence-corrected chi connectivity index (χ1v) is 10.9. The summed E-state index contributed by atoms with van der Waals surface area (Å²) in [6.07, 6.45) is 0. The van der Waals surface area contributed by atoms with Gasteiger partial charge in [0.15, 0.2) is 0 Å². The van der Waals surface area contributed by atoms with Crippen molar-refractivity contribution in [2.45, 2.75) is 41.5 Å². The van der Waals surface area contributed by atoms with E-state index in [1.807, 2.05) is 0 Å². The Balaban J connectivity index is 1.69. The van der Waals surface area contributed by atoms with Crippen molar-refractivity contribution in [2.24, 2.45) is 0 Å². The summed E-state index contributed by atoms with van der Waals surface area (Å²) in [5, 5.41) is 2.40. The van der Waals surface area contributed by atoms with Gasteiger partial charge in [0.25, 0.3) is 0 Å². The minimum absolute atomic E-state index is 0.946. The van der Waals surface area contributed by atoms with E-state index in [2.05, 4.69) is 101 Å². The second kappa shape index (κ2) is 7.09. The monoisotopic (exact) mass is 404 g/mol. The van der Waals surface area contributed by atoms with Crippen LogP contribution in [0, 0.1) is 41.5 Å². The molecule has 1 N–H and O–H groups in total. The molecule has 2 aromatic heterocycles. The van der Waals surface area contributed by atoms with Gasteiger partial charge < -0.3 is 4.98 Å². The average molecular weight is 405 g/mol. The molecule has 0 spiro atoms. The highest BCUT2D eigenvalue weighted by atomic mass is 14.9. The van der Waals surface area contributed by atoms with Crippen molar-refractivity contribution in [1.29, 1.82) is 0 Å². The van der Waals surface area contributed by atoms with E-state index < -0.39 is 0 Å². The third-order valence-electron chi connectivity index (χ3n) is 6.36. The van der Waals surface area contributed by atoms with Crippen molar-refractivity contribution in [2.75, 3.05) is 0 Å². The fraction of sp³-hybridized carbons (Fsp3) is 0.207. The smallest absolute Gasteiger partial charge is 0.139 e. The van der Waals surface area contributed by atoms with E-state index in [0.717, 1.165) is 16.9 Å². The Bertz CT molecular complexity index is 1440. The molecule has 0 unspecified atom stereocenters. The fourth-order valence-electron chi connectivity index (χ4n) is 5.29. The standard InChI is InChI=1S/C29H28N2/c1-16-11-18(3)27(19(4)12-16)22-7-9-25-24(15-22)23-8-10-26(31-29(23)30-25)28-20(5)13-17(2)14-21(28)6/h7-15H,1-6H3,(H,30,31). The lowest BCUT2D eigenvalue weighted by Crippen LogP contribution is -1.92. The SMILES string of the molecule is Cc1cc(C)c(-c2ccc3[nH]c4nc(-c5c(C)cc(C)cc5C)ccc4c3c2)c(C)c1. The quantitative estimate of drug-likeness (QED) is 0.318. The molecule has 0 aliphatic rings. The van der Waals surface area contributed by atoms with E-state index in [4.69, 9.17) is 4.98 Å². The van der Waals surface area contributed by atoms with Crippen molar-refractivity contribution in [1.82, 2.24) is 9.97 Å². The number of pyridine rings is 1. The zero-order chi connectivity index (χ0) is 21.9. The predicted molar refractivity (Wildman–Crippen MR) is 133 cm³/mol. The number of benzene rings is 3. The molecular formula is C29H28N2. The zero-order valence-corrected chi connectivity index (χ0v) is 19.1. The molecule has 0 atom stereocenters. The van der Waals surface area contributed by atoms with E-state index >= 15 is 0 Å². The molecule has 0 radical (unpaired) electrons. The summed E-state index contributed by atoms with van der Waals surface area (Å²) >= 11 is 0. The number of aryl methyl sites for hydroxylation is 6. The van der Waals surface area contributed by atoms with E-state index in [1.165, 1.54) is 60.8 Å². The second-order valence-corrected chi connectivity index (χ2v) is 9.03. The molecule has 0 aliphatic carbocycles. The lowest BCUT2D eigenvalue weighted by molar-refractivity contribution is 1.27. The molecule has 2 heteroatoms. The van der Waals surface area contributed by atoms with Crippen LogP contribution in [0.1, 0.15) is 33.4 Å². The molecule has 154 valence electrons. The number of nitrogens with zero attached hydrogens (tertiary/aromatic N) is 1. The number of H-pyrrole nitrogens is 1. The van der Waals surface area contributed by atoms with Crippen LogP contribution in [0.15, 0.2) is 54.6 Å². The number of aromatic nitrogens is 2. The molecule has 31 heavy (non-hydrogen) atoms. The van der Waals surface area contributed by atoms with Gasteiger partial charge in [-0.25, -0.2) is 4.98 Å². The van der Waals surface area contributed by atoms with Crippen molar-refractivity contribution in [3.8, 4) is 22.4 Å². The van der Waals surface area contributed by atoms with Crippen molar-refractivity contribution in [3.63, 3.8) is 0 Å². The molecule has 2 nitrogen and oxygen atoms in total. The molecule has 2 heterocycles. The van der Waals surface area contributed by atoms with Crippen LogP contribution in [0.3, 0.4) is 0 Å². The Labute approximate surface area is 184 Å². The molecule has 0 amide bonds. The number of nitrogens with one attached hydrogen (secondary N) is 1. The van der Waals surface area contributed by atoms with Crippen molar-refractivity contribution in [3.05, 3.63) is 88.0 Å². The molecule has 0 fully saturated rings. The van der Waals surface area contributed by atoms with E-state index in [1.54, 1.807) is 0 Å². The molecular weight excluding hydrogens is 376 g/mol. The lowest BCUT2D eigenvalue weighted by atomic mass is 9.93. The van der Waals surface area contributed by atoms with Gasteiger partial charge in [0.2, 0.25) is 0 Å². The highest BCUT2D eigenvalue weighted by Crippen LogP contribution is 2.35. The van der Waals surface area contributed by atoms with Crippen LogP contribution >= 0.6 is 0 Å². The molecule has 0 aliphatic heterocycles. The molecule has 0 saturated heterocycles. The summed E-state index contributed by atoms with van der Waals surface area (Å²) in [6, 6.07) is 20.1. The maximum atomic E-state index is 5.03. The number of aromatic amines is 1. The number of hydrogen-bond acceptors (Lipinski definition) is 1. The Morgan fingerprint density at radius 3 is 1.77 bits per heavy atom. The number of rotatable bonds is 2. The minimum Gasteiger partial charge on any atom is -0.339 e. The van der Waals surface area contributed by atoms with Crippen LogP contribution < -0.4 is 0 Å².